The van der Waals surface area contributed by atoms with E-state index in [4.69, 9.17) is 9.47 Å². The van der Waals surface area contributed by atoms with Gasteiger partial charge in [0.25, 0.3) is 5.91 Å². The molecule has 0 aliphatic carbocycles. The molecular formula is C20H24N2O3. The third-order valence-corrected chi connectivity index (χ3v) is 4.15. The highest BCUT2D eigenvalue weighted by Crippen LogP contribution is 2.28. The lowest BCUT2D eigenvalue weighted by Gasteiger charge is -2.39. The second-order valence-electron chi connectivity index (χ2n) is 6.60. The van der Waals surface area contributed by atoms with Gasteiger partial charge in [0.15, 0.2) is 0 Å². The summed E-state index contributed by atoms with van der Waals surface area (Å²) in [5, 5.41) is 0. The van der Waals surface area contributed by atoms with E-state index >= 15 is 0 Å². The second-order valence-corrected chi connectivity index (χ2v) is 6.60. The summed E-state index contributed by atoms with van der Waals surface area (Å²) < 4.78 is 11.5. The maximum atomic E-state index is 13.1. The molecule has 0 saturated carbocycles. The van der Waals surface area contributed by atoms with Gasteiger partial charge in [-0.15, -0.1) is 0 Å². The second kappa shape index (κ2) is 7.66. The van der Waals surface area contributed by atoms with Crippen LogP contribution in [0.25, 0.3) is 0 Å². The molecule has 2 aromatic rings. The fraction of sp³-hybridized carbons (Fsp3) is 0.400. The highest BCUT2D eigenvalue weighted by Gasteiger charge is 2.32. The number of hydrogen-bond acceptors (Lipinski definition) is 4. The quantitative estimate of drug-likeness (QED) is 0.855. The fourth-order valence-electron chi connectivity index (χ4n) is 3.02. The molecule has 1 aromatic carbocycles. The van der Waals surface area contributed by atoms with Crippen molar-refractivity contribution in [2.45, 2.75) is 39.0 Å². The lowest BCUT2D eigenvalue weighted by Crippen LogP contribution is -2.46. The summed E-state index contributed by atoms with van der Waals surface area (Å²) >= 11 is 0. The van der Waals surface area contributed by atoms with Gasteiger partial charge >= 0.3 is 0 Å². The van der Waals surface area contributed by atoms with Crippen molar-refractivity contribution in [3.8, 4) is 5.75 Å². The molecule has 1 saturated heterocycles. The van der Waals surface area contributed by atoms with Crippen LogP contribution in [-0.2, 0) is 4.74 Å². The van der Waals surface area contributed by atoms with E-state index in [9.17, 15) is 4.79 Å². The van der Waals surface area contributed by atoms with Gasteiger partial charge in [-0.05, 0) is 32.4 Å². The summed E-state index contributed by atoms with van der Waals surface area (Å²) in [4.78, 5) is 19.2. The molecule has 1 aliphatic heterocycles. The molecule has 0 radical (unpaired) electrons. The molecule has 5 heteroatoms. The average molecular weight is 340 g/mol. The number of benzene rings is 1. The molecule has 2 atom stereocenters. The van der Waals surface area contributed by atoms with E-state index in [-0.39, 0.29) is 24.2 Å². The van der Waals surface area contributed by atoms with Gasteiger partial charge < -0.3 is 14.4 Å². The third kappa shape index (κ3) is 4.17. The van der Waals surface area contributed by atoms with Crippen molar-refractivity contribution in [3.63, 3.8) is 0 Å². The first-order valence-electron chi connectivity index (χ1n) is 8.64. The molecule has 0 spiro atoms. The molecule has 1 aromatic heterocycles. The Labute approximate surface area is 148 Å². The highest BCUT2D eigenvalue weighted by atomic mass is 16.5. The van der Waals surface area contributed by atoms with Crippen LogP contribution in [0, 0.1) is 0 Å². The van der Waals surface area contributed by atoms with Crippen molar-refractivity contribution in [3.05, 3.63) is 59.9 Å². The molecule has 0 N–H and O–H groups in total. The number of pyridine rings is 1. The van der Waals surface area contributed by atoms with E-state index in [2.05, 4.69) is 4.98 Å². The Morgan fingerprint density at radius 3 is 2.76 bits per heavy atom. The molecule has 5 nitrogen and oxygen atoms in total. The van der Waals surface area contributed by atoms with Crippen LogP contribution >= 0.6 is 0 Å². The van der Waals surface area contributed by atoms with Crippen LogP contribution in [0.2, 0.25) is 0 Å². The zero-order valence-electron chi connectivity index (χ0n) is 14.9. The minimum atomic E-state index is -0.0976. The largest absolute Gasteiger partial charge is 0.489 e. The molecule has 3 rings (SSSR count). The lowest BCUT2D eigenvalue weighted by atomic mass is 10.0. The summed E-state index contributed by atoms with van der Waals surface area (Å²) in [7, 11) is 0. The third-order valence-electron chi connectivity index (χ3n) is 4.15. The topological polar surface area (TPSA) is 51.7 Å². The summed E-state index contributed by atoms with van der Waals surface area (Å²) in [5.41, 5.74) is 1.61. The molecule has 2 heterocycles. The first kappa shape index (κ1) is 17.4. The number of carbonyl (C=O) groups is 1. The van der Waals surface area contributed by atoms with Gasteiger partial charge in [0.1, 0.15) is 5.75 Å². The predicted octanol–water partition coefficient (Wildman–Crippen LogP) is 3.47. The first-order valence-corrected chi connectivity index (χ1v) is 8.64. The number of ether oxygens (including phenoxy) is 2. The van der Waals surface area contributed by atoms with Gasteiger partial charge in [0, 0.05) is 12.7 Å². The fourth-order valence-corrected chi connectivity index (χ4v) is 3.02. The Kier molecular flexibility index (Phi) is 5.34. The Morgan fingerprint density at radius 1 is 1.28 bits per heavy atom. The predicted molar refractivity (Wildman–Crippen MR) is 95.6 cm³/mol. The van der Waals surface area contributed by atoms with Crippen LogP contribution in [0.3, 0.4) is 0 Å². The standard InChI is InChI=1S/C20H24N2O3/c1-14(2)25-18-9-17(10-21-11-18)20(23)22-12-15(3)24-13-19(22)16-7-5-4-6-8-16/h4-11,14-15,19H,12-13H2,1-3H3. The number of hydrogen-bond donors (Lipinski definition) is 0. The van der Waals surface area contributed by atoms with Crippen molar-refractivity contribution in [1.29, 1.82) is 0 Å². The van der Waals surface area contributed by atoms with Crippen molar-refractivity contribution in [1.82, 2.24) is 9.88 Å². The molecular weight excluding hydrogens is 316 g/mol. The summed E-state index contributed by atoms with van der Waals surface area (Å²) in [6.45, 7) is 6.92. The monoisotopic (exact) mass is 340 g/mol. The number of nitrogens with zero attached hydrogens (tertiary/aromatic N) is 2. The van der Waals surface area contributed by atoms with Gasteiger partial charge in [-0.1, -0.05) is 30.3 Å². The smallest absolute Gasteiger partial charge is 0.256 e. The maximum absolute atomic E-state index is 13.1. The summed E-state index contributed by atoms with van der Waals surface area (Å²) in [5.74, 6) is 0.559. The van der Waals surface area contributed by atoms with Crippen LogP contribution in [0.15, 0.2) is 48.8 Å². The summed E-state index contributed by atoms with van der Waals surface area (Å²) in [6, 6.07) is 11.7. The summed E-state index contributed by atoms with van der Waals surface area (Å²) in [6.07, 6.45) is 3.27. The van der Waals surface area contributed by atoms with E-state index < -0.39 is 0 Å². The molecule has 2 unspecified atom stereocenters. The highest BCUT2D eigenvalue weighted by molar-refractivity contribution is 5.94. The van der Waals surface area contributed by atoms with Gasteiger partial charge in [-0.2, -0.15) is 0 Å². The van der Waals surface area contributed by atoms with E-state index in [1.165, 1.54) is 0 Å². The van der Waals surface area contributed by atoms with E-state index in [0.717, 1.165) is 5.56 Å². The normalized spacial score (nSPS) is 20.6. The van der Waals surface area contributed by atoms with Crippen LogP contribution in [-0.4, -0.2) is 41.2 Å². The van der Waals surface area contributed by atoms with E-state index in [1.807, 2.05) is 56.0 Å². The zero-order valence-corrected chi connectivity index (χ0v) is 14.9. The zero-order chi connectivity index (χ0) is 17.8. The Bertz CT molecular complexity index is 718. The van der Waals surface area contributed by atoms with Gasteiger partial charge in [0.2, 0.25) is 0 Å². The molecule has 0 bridgehead atoms. The molecule has 1 aliphatic rings. The van der Waals surface area contributed by atoms with Gasteiger partial charge in [-0.3, -0.25) is 9.78 Å². The Balaban J connectivity index is 1.87. The average Bonchev–Trinajstić information content (AvgIpc) is 2.61. The van der Waals surface area contributed by atoms with Crippen LogP contribution < -0.4 is 4.74 Å². The first-order chi connectivity index (χ1) is 12.0. The van der Waals surface area contributed by atoms with Crippen molar-refractivity contribution >= 4 is 5.91 Å². The van der Waals surface area contributed by atoms with Crippen molar-refractivity contribution < 1.29 is 14.3 Å². The van der Waals surface area contributed by atoms with Gasteiger partial charge in [-0.25, -0.2) is 0 Å². The number of carbonyl (C=O) groups excluding carboxylic acids is 1. The molecule has 1 amide bonds. The molecule has 1 fully saturated rings. The molecule has 132 valence electrons. The SMILES string of the molecule is CC(C)Oc1cncc(C(=O)N2CC(C)OCC2c2ccccc2)c1. The number of aromatic nitrogens is 1. The van der Waals surface area contributed by atoms with Crippen LogP contribution in [0.4, 0.5) is 0 Å². The van der Waals surface area contributed by atoms with Crippen molar-refractivity contribution in [2.24, 2.45) is 0 Å². The maximum Gasteiger partial charge on any atom is 0.256 e. The minimum Gasteiger partial charge on any atom is -0.489 e. The van der Waals surface area contributed by atoms with Crippen molar-refractivity contribution in [2.75, 3.05) is 13.2 Å². The van der Waals surface area contributed by atoms with Crippen LogP contribution in [0.1, 0.15) is 42.7 Å². The van der Waals surface area contributed by atoms with Crippen LogP contribution in [0.5, 0.6) is 5.75 Å². The van der Waals surface area contributed by atoms with Gasteiger partial charge in [0.05, 0.1) is 36.6 Å². The minimum absolute atomic E-state index is 0.00645. The number of amides is 1. The number of morpholine rings is 1. The Hall–Kier alpha value is -2.40. The van der Waals surface area contributed by atoms with E-state index in [1.54, 1.807) is 18.5 Å². The lowest BCUT2D eigenvalue weighted by molar-refractivity contribution is -0.0447. The Morgan fingerprint density at radius 2 is 2.04 bits per heavy atom. The number of rotatable bonds is 4. The van der Waals surface area contributed by atoms with E-state index in [0.29, 0.717) is 24.5 Å². The molecule has 25 heavy (non-hydrogen) atoms.